The van der Waals surface area contributed by atoms with Gasteiger partial charge < -0.3 is 9.52 Å². The van der Waals surface area contributed by atoms with Crippen molar-refractivity contribution in [2.45, 2.75) is 19.4 Å². The van der Waals surface area contributed by atoms with Crippen molar-refractivity contribution in [2.75, 3.05) is 0 Å². The zero-order valence-electron chi connectivity index (χ0n) is 8.55. The molecule has 0 amide bonds. The standard InChI is InChI=1S/C12H13NO2/c1-9-4-5-13-11(7-9)12(14)8-10-3-2-6-15-10/h2-7,12,14H,8H2,1H3. The predicted octanol–water partition coefficient (Wildman–Crippen LogP) is 2.26. The van der Waals surface area contributed by atoms with Crippen LogP contribution in [0.4, 0.5) is 0 Å². The van der Waals surface area contributed by atoms with E-state index in [1.54, 1.807) is 12.5 Å². The van der Waals surface area contributed by atoms with Gasteiger partial charge in [0.05, 0.1) is 12.0 Å². The molecule has 0 aliphatic carbocycles. The molecule has 0 saturated heterocycles. The van der Waals surface area contributed by atoms with Crippen molar-refractivity contribution >= 4 is 0 Å². The summed E-state index contributed by atoms with van der Waals surface area (Å²) in [4.78, 5) is 4.13. The Kier molecular flexibility index (Phi) is 2.83. The van der Waals surface area contributed by atoms with Crippen LogP contribution in [0.2, 0.25) is 0 Å². The van der Waals surface area contributed by atoms with Gasteiger partial charge in [0.1, 0.15) is 11.9 Å². The highest BCUT2D eigenvalue weighted by atomic mass is 16.3. The van der Waals surface area contributed by atoms with E-state index in [1.165, 1.54) is 0 Å². The summed E-state index contributed by atoms with van der Waals surface area (Å²) in [6, 6.07) is 7.45. The second-order valence-corrected chi connectivity index (χ2v) is 3.56. The molecule has 2 rings (SSSR count). The first-order valence-electron chi connectivity index (χ1n) is 4.89. The zero-order valence-corrected chi connectivity index (χ0v) is 8.55. The Labute approximate surface area is 88.4 Å². The number of hydrogen-bond donors (Lipinski definition) is 1. The molecule has 0 bridgehead atoms. The van der Waals surface area contributed by atoms with Crippen molar-refractivity contribution in [1.29, 1.82) is 0 Å². The van der Waals surface area contributed by atoms with Crippen LogP contribution in [0, 0.1) is 6.92 Å². The summed E-state index contributed by atoms with van der Waals surface area (Å²) in [6.45, 7) is 1.98. The third-order valence-electron chi connectivity index (χ3n) is 2.25. The van der Waals surface area contributed by atoms with Gasteiger partial charge >= 0.3 is 0 Å². The summed E-state index contributed by atoms with van der Waals surface area (Å²) < 4.78 is 5.17. The van der Waals surface area contributed by atoms with Gasteiger partial charge in [0.2, 0.25) is 0 Å². The van der Waals surface area contributed by atoms with Gasteiger partial charge in [-0.25, -0.2) is 0 Å². The van der Waals surface area contributed by atoms with Crippen LogP contribution in [0.1, 0.15) is 23.1 Å². The zero-order chi connectivity index (χ0) is 10.7. The Morgan fingerprint density at radius 1 is 1.47 bits per heavy atom. The normalized spacial score (nSPS) is 12.7. The number of aromatic nitrogens is 1. The summed E-state index contributed by atoms with van der Waals surface area (Å²) >= 11 is 0. The summed E-state index contributed by atoms with van der Waals surface area (Å²) in [5.41, 5.74) is 1.78. The molecule has 0 aliphatic heterocycles. The molecule has 3 nitrogen and oxygen atoms in total. The van der Waals surface area contributed by atoms with Crippen LogP contribution in [0.25, 0.3) is 0 Å². The molecule has 0 saturated carbocycles. The molecule has 3 heteroatoms. The molecule has 2 aromatic heterocycles. The minimum Gasteiger partial charge on any atom is -0.469 e. The molecule has 1 atom stereocenters. The van der Waals surface area contributed by atoms with Crippen molar-refractivity contribution in [3.63, 3.8) is 0 Å². The predicted molar refractivity (Wildman–Crippen MR) is 56.3 cm³/mol. The van der Waals surface area contributed by atoms with E-state index in [9.17, 15) is 5.11 Å². The van der Waals surface area contributed by atoms with Crippen molar-refractivity contribution in [2.24, 2.45) is 0 Å². The van der Waals surface area contributed by atoms with Crippen molar-refractivity contribution in [1.82, 2.24) is 4.98 Å². The highest BCUT2D eigenvalue weighted by molar-refractivity contribution is 5.17. The first kappa shape index (κ1) is 9.93. The van der Waals surface area contributed by atoms with Crippen LogP contribution >= 0.6 is 0 Å². The Hall–Kier alpha value is -1.61. The monoisotopic (exact) mass is 203 g/mol. The first-order valence-corrected chi connectivity index (χ1v) is 4.89. The molecule has 78 valence electrons. The summed E-state index contributed by atoms with van der Waals surface area (Å²) in [5, 5.41) is 9.89. The number of aliphatic hydroxyl groups excluding tert-OH is 1. The maximum absolute atomic E-state index is 9.89. The van der Waals surface area contributed by atoms with Gasteiger partial charge in [-0.15, -0.1) is 0 Å². The third-order valence-corrected chi connectivity index (χ3v) is 2.25. The van der Waals surface area contributed by atoms with Gasteiger partial charge in [-0.3, -0.25) is 4.98 Å². The maximum Gasteiger partial charge on any atom is 0.106 e. The molecule has 2 heterocycles. The van der Waals surface area contributed by atoms with E-state index in [2.05, 4.69) is 4.98 Å². The van der Waals surface area contributed by atoms with E-state index in [1.807, 2.05) is 31.2 Å². The number of furan rings is 1. The van der Waals surface area contributed by atoms with Crippen LogP contribution in [-0.4, -0.2) is 10.1 Å². The average molecular weight is 203 g/mol. The lowest BCUT2D eigenvalue weighted by Gasteiger charge is -2.08. The van der Waals surface area contributed by atoms with Crippen molar-refractivity contribution < 1.29 is 9.52 Å². The van der Waals surface area contributed by atoms with Crippen LogP contribution in [0.15, 0.2) is 41.1 Å². The average Bonchev–Trinajstić information content (AvgIpc) is 2.70. The molecular weight excluding hydrogens is 190 g/mol. The Morgan fingerprint density at radius 2 is 2.33 bits per heavy atom. The minimum atomic E-state index is -0.601. The van der Waals surface area contributed by atoms with Gasteiger partial charge in [0.15, 0.2) is 0 Å². The van der Waals surface area contributed by atoms with Crippen molar-refractivity contribution in [3.8, 4) is 0 Å². The first-order chi connectivity index (χ1) is 7.25. The van der Waals surface area contributed by atoms with E-state index in [0.29, 0.717) is 12.1 Å². The highest BCUT2D eigenvalue weighted by Crippen LogP contribution is 2.17. The molecule has 15 heavy (non-hydrogen) atoms. The number of hydrogen-bond acceptors (Lipinski definition) is 3. The summed E-state index contributed by atoms with van der Waals surface area (Å²) in [5.74, 6) is 0.769. The number of rotatable bonds is 3. The van der Waals surface area contributed by atoms with E-state index in [0.717, 1.165) is 11.3 Å². The van der Waals surface area contributed by atoms with E-state index in [-0.39, 0.29) is 0 Å². The van der Waals surface area contributed by atoms with Crippen LogP contribution in [-0.2, 0) is 6.42 Å². The van der Waals surface area contributed by atoms with Crippen molar-refractivity contribution in [3.05, 3.63) is 53.7 Å². The minimum absolute atomic E-state index is 0.462. The summed E-state index contributed by atoms with van der Waals surface area (Å²) in [7, 11) is 0. The number of aryl methyl sites for hydroxylation is 1. The van der Waals surface area contributed by atoms with Gasteiger partial charge in [-0.1, -0.05) is 0 Å². The molecule has 0 radical (unpaired) electrons. The molecule has 2 aromatic rings. The third kappa shape index (κ3) is 2.44. The maximum atomic E-state index is 9.89. The second-order valence-electron chi connectivity index (χ2n) is 3.56. The smallest absolute Gasteiger partial charge is 0.106 e. The topological polar surface area (TPSA) is 46.3 Å². The fourth-order valence-corrected chi connectivity index (χ4v) is 1.47. The quantitative estimate of drug-likeness (QED) is 0.832. The lowest BCUT2D eigenvalue weighted by atomic mass is 10.1. The SMILES string of the molecule is Cc1ccnc(C(O)Cc2ccco2)c1. The fraction of sp³-hybridized carbons (Fsp3) is 0.250. The number of nitrogens with zero attached hydrogens (tertiary/aromatic N) is 1. The van der Waals surface area contributed by atoms with E-state index >= 15 is 0 Å². The molecular formula is C12H13NO2. The molecule has 0 aliphatic rings. The van der Waals surface area contributed by atoms with Gasteiger partial charge in [-0.2, -0.15) is 0 Å². The lowest BCUT2D eigenvalue weighted by Crippen LogP contribution is -2.03. The lowest BCUT2D eigenvalue weighted by molar-refractivity contribution is 0.166. The summed E-state index contributed by atoms with van der Waals surface area (Å²) in [6.07, 6.45) is 3.17. The molecule has 0 spiro atoms. The largest absolute Gasteiger partial charge is 0.469 e. The van der Waals surface area contributed by atoms with Gasteiger partial charge in [-0.05, 0) is 36.8 Å². The molecule has 0 aromatic carbocycles. The van der Waals surface area contributed by atoms with Crippen LogP contribution < -0.4 is 0 Å². The Balaban J connectivity index is 2.11. The van der Waals surface area contributed by atoms with E-state index in [4.69, 9.17) is 4.42 Å². The van der Waals surface area contributed by atoms with Crippen LogP contribution in [0.3, 0.4) is 0 Å². The number of pyridine rings is 1. The molecule has 0 fully saturated rings. The fourth-order valence-electron chi connectivity index (χ4n) is 1.47. The van der Waals surface area contributed by atoms with Crippen LogP contribution in [0.5, 0.6) is 0 Å². The Morgan fingerprint density at radius 3 is 3.00 bits per heavy atom. The number of aliphatic hydroxyl groups is 1. The highest BCUT2D eigenvalue weighted by Gasteiger charge is 2.11. The van der Waals surface area contributed by atoms with Gasteiger partial charge in [0.25, 0.3) is 0 Å². The van der Waals surface area contributed by atoms with E-state index < -0.39 is 6.10 Å². The Bertz CT molecular complexity index is 423. The second kappa shape index (κ2) is 4.28. The van der Waals surface area contributed by atoms with Gasteiger partial charge in [0, 0.05) is 12.6 Å². The molecule has 1 unspecified atom stereocenters. The molecule has 1 N–H and O–H groups in total.